The predicted octanol–water partition coefficient (Wildman–Crippen LogP) is 6.36. The molecule has 5 rings (SSSR count). The summed E-state index contributed by atoms with van der Waals surface area (Å²) >= 11 is 6.30. The molecular weight excluding hydrogens is 344 g/mol. The molecular formula is C22H13ClN2O. The number of hydrogen-bond donors (Lipinski definition) is 0. The minimum atomic E-state index is 0.405. The van der Waals surface area contributed by atoms with Gasteiger partial charge in [-0.1, -0.05) is 72.3 Å². The number of para-hydroxylation sites is 2. The smallest absolute Gasteiger partial charge is 0.161 e. The van der Waals surface area contributed by atoms with Gasteiger partial charge >= 0.3 is 0 Å². The molecule has 26 heavy (non-hydrogen) atoms. The quantitative estimate of drug-likeness (QED) is 0.345. The van der Waals surface area contributed by atoms with E-state index >= 15 is 0 Å². The number of rotatable bonds is 2. The molecule has 2 aromatic heterocycles. The maximum atomic E-state index is 6.30. The summed E-state index contributed by atoms with van der Waals surface area (Å²) in [5.41, 5.74) is 4.24. The summed E-state index contributed by atoms with van der Waals surface area (Å²) in [5, 5.41) is 2.56. The second kappa shape index (κ2) is 5.97. The molecule has 0 N–H and O–H groups in total. The Labute approximate surface area is 154 Å². The summed E-state index contributed by atoms with van der Waals surface area (Å²) in [6.45, 7) is 0. The number of fused-ring (bicyclic) bond motifs is 3. The first-order valence-corrected chi connectivity index (χ1v) is 8.68. The molecule has 0 unspecified atom stereocenters. The van der Waals surface area contributed by atoms with Crippen molar-refractivity contribution < 1.29 is 4.42 Å². The van der Waals surface area contributed by atoms with Crippen LogP contribution in [0.4, 0.5) is 0 Å². The van der Waals surface area contributed by atoms with Crippen molar-refractivity contribution in [3.63, 3.8) is 0 Å². The van der Waals surface area contributed by atoms with Gasteiger partial charge in [-0.15, -0.1) is 0 Å². The highest BCUT2D eigenvalue weighted by Crippen LogP contribution is 2.35. The summed E-state index contributed by atoms with van der Waals surface area (Å²) in [6.07, 6.45) is 0. The van der Waals surface area contributed by atoms with Gasteiger partial charge in [0, 0.05) is 28.0 Å². The SMILES string of the molecule is Clc1cc(-c2cccc3c2oc2ccccc23)nc(-c2ccccc2)n1. The second-order valence-electron chi connectivity index (χ2n) is 6.05. The number of hydrogen-bond acceptors (Lipinski definition) is 3. The van der Waals surface area contributed by atoms with E-state index in [-0.39, 0.29) is 0 Å². The van der Waals surface area contributed by atoms with Crippen LogP contribution in [-0.2, 0) is 0 Å². The first-order valence-electron chi connectivity index (χ1n) is 8.30. The van der Waals surface area contributed by atoms with E-state index in [1.807, 2.05) is 60.7 Å². The Balaban J connectivity index is 1.77. The molecule has 2 heterocycles. The zero-order valence-electron chi connectivity index (χ0n) is 13.7. The highest BCUT2D eigenvalue weighted by molar-refractivity contribution is 6.29. The van der Waals surface area contributed by atoms with Crippen LogP contribution in [0.15, 0.2) is 83.3 Å². The molecule has 0 amide bonds. The van der Waals surface area contributed by atoms with Gasteiger partial charge in [-0.2, -0.15) is 0 Å². The van der Waals surface area contributed by atoms with E-state index in [1.165, 1.54) is 0 Å². The summed E-state index contributed by atoms with van der Waals surface area (Å²) in [6, 6.07) is 25.7. The molecule has 0 spiro atoms. The van der Waals surface area contributed by atoms with Crippen LogP contribution in [0.1, 0.15) is 0 Å². The fraction of sp³-hybridized carbons (Fsp3) is 0. The molecule has 0 aliphatic heterocycles. The second-order valence-corrected chi connectivity index (χ2v) is 6.43. The lowest BCUT2D eigenvalue weighted by atomic mass is 10.1. The van der Waals surface area contributed by atoms with Crippen LogP contribution >= 0.6 is 11.6 Å². The molecule has 0 saturated heterocycles. The third-order valence-corrected chi connectivity index (χ3v) is 4.60. The van der Waals surface area contributed by atoms with Crippen molar-refractivity contribution in [3.05, 3.63) is 84.0 Å². The predicted molar refractivity (Wildman–Crippen MR) is 105 cm³/mol. The van der Waals surface area contributed by atoms with E-state index in [0.29, 0.717) is 11.0 Å². The summed E-state index contributed by atoms with van der Waals surface area (Å²) in [4.78, 5) is 9.11. The highest BCUT2D eigenvalue weighted by Gasteiger charge is 2.14. The Bertz CT molecular complexity index is 1250. The first kappa shape index (κ1) is 15.1. The number of nitrogens with zero attached hydrogens (tertiary/aromatic N) is 2. The molecule has 0 fully saturated rings. The minimum absolute atomic E-state index is 0.405. The number of furan rings is 1. The highest BCUT2D eigenvalue weighted by atomic mass is 35.5. The Hall–Kier alpha value is -3.17. The van der Waals surface area contributed by atoms with E-state index in [4.69, 9.17) is 21.0 Å². The Kier molecular flexibility index (Phi) is 3.47. The van der Waals surface area contributed by atoms with Crippen molar-refractivity contribution in [3.8, 4) is 22.6 Å². The molecule has 0 bridgehead atoms. The number of aromatic nitrogens is 2. The van der Waals surface area contributed by atoms with Crippen LogP contribution in [0, 0.1) is 0 Å². The van der Waals surface area contributed by atoms with Crippen molar-refractivity contribution in [2.45, 2.75) is 0 Å². The third-order valence-electron chi connectivity index (χ3n) is 4.41. The molecule has 0 aliphatic carbocycles. The van der Waals surface area contributed by atoms with Gasteiger partial charge in [0.05, 0.1) is 5.69 Å². The molecule has 3 aromatic carbocycles. The average Bonchev–Trinajstić information content (AvgIpc) is 3.07. The zero-order chi connectivity index (χ0) is 17.5. The number of halogens is 1. The minimum Gasteiger partial charge on any atom is -0.455 e. The van der Waals surface area contributed by atoms with Crippen molar-refractivity contribution in [1.29, 1.82) is 0 Å². The normalized spacial score (nSPS) is 11.3. The molecule has 0 aliphatic rings. The van der Waals surface area contributed by atoms with Gasteiger partial charge in [-0.05, 0) is 12.1 Å². The third kappa shape index (κ3) is 2.45. The van der Waals surface area contributed by atoms with Crippen molar-refractivity contribution in [2.75, 3.05) is 0 Å². The van der Waals surface area contributed by atoms with Gasteiger partial charge in [0.1, 0.15) is 16.3 Å². The standard InChI is InChI=1S/C22H13ClN2O/c23-20-13-18(24-22(25-20)14-7-2-1-3-8-14)17-11-6-10-16-15-9-4-5-12-19(15)26-21(16)17/h1-13H. The van der Waals surface area contributed by atoms with Crippen LogP contribution < -0.4 is 0 Å². The molecule has 0 saturated carbocycles. The van der Waals surface area contributed by atoms with E-state index in [1.54, 1.807) is 6.07 Å². The molecule has 4 heteroatoms. The average molecular weight is 357 g/mol. The van der Waals surface area contributed by atoms with Crippen LogP contribution in [0.25, 0.3) is 44.6 Å². The van der Waals surface area contributed by atoms with Gasteiger partial charge in [0.2, 0.25) is 0 Å². The fourth-order valence-electron chi connectivity index (χ4n) is 3.22. The van der Waals surface area contributed by atoms with E-state index < -0.39 is 0 Å². The van der Waals surface area contributed by atoms with Gasteiger partial charge in [0.25, 0.3) is 0 Å². The molecule has 3 nitrogen and oxygen atoms in total. The first-order chi connectivity index (χ1) is 12.8. The maximum absolute atomic E-state index is 6.30. The van der Waals surface area contributed by atoms with Gasteiger partial charge in [-0.25, -0.2) is 9.97 Å². The van der Waals surface area contributed by atoms with E-state index in [0.717, 1.165) is 38.8 Å². The maximum Gasteiger partial charge on any atom is 0.161 e. The lowest BCUT2D eigenvalue weighted by Gasteiger charge is -2.06. The zero-order valence-corrected chi connectivity index (χ0v) is 14.4. The summed E-state index contributed by atoms with van der Waals surface area (Å²) in [5.74, 6) is 0.598. The van der Waals surface area contributed by atoms with Crippen LogP contribution in [0.5, 0.6) is 0 Å². The molecule has 5 aromatic rings. The van der Waals surface area contributed by atoms with Crippen LogP contribution in [0.3, 0.4) is 0 Å². The molecule has 124 valence electrons. The number of benzene rings is 3. The van der Waals surface area contributed by atoms with Gasteiger partial charge in [-0.3, -0.25) is 0 Å². The Morgan fingerprint density at radius 3 is 2.38 bits per heavy atom. The van der Waals surface area contributed by atoms with Crippen molar-refractivity contribution in [2.24, 2.45) is 0 Å². The summed E-state index contributed by atoms with van der Waals surface area (Å²) < 4.78 is 6.12. The van der Waals surface area contributed by atoms with E-state index in [2.05, 4.69) is 17.1 Å². The van der Waals surface area contributed by atoms with Crippen LogP contribution in [-0.4, -0.2) is 9.97 Å². The Morgan fingerprint density at radius 1 is 0.731 bits per heavy atom. The van der Waals surface area contributed by atoms with Crippen molar-refractivity contribution in [1.82, 2.24) is 9.97 Å². The van der Waals surface area contributed by atoms with Gasteiger partial charge < -0.3 is 4.42 Å². The van der Waals surface area contributed by atoms with Crippen molar-refractivity contribution >= 4 is 33.5 Å². The Morgan fingerprint density at radius 2 is 1.50 bits per heavy atom. The van der Waals surface area contributed by atoms with Crippen LogP contribution in [0.2, 0.25) is 5.15 Å². The lowest BCUT2D eigenvalue weighted by molar-refractivity contribution is 0.670. The monoisotopic (exact) mass is 356 g/mol. The van der Waals surface area contributed by atoms with E-state index in [9.17, 15) is 0 Å². The molecule has 0 atom stereocenters. The summed E-state index contributed by atoms with van der Waals surface area (Å²) in [7, 11) is 0. The van der Waals surface area contributed by atoms with Gasteiger partial charge in [0.15, 0.2) is 5.82 Å². The topological polar surface area (TPSA) is 38.9 Å². The fourth-order valence-corrected chi connectivity index (χ4v) is 3.40. The largest absolute Gasteiger partial charge is 0.455 e. The molecule has 0 radical (unpaired) electrons. The lowest BCUT2D eigenvalue weighted by Crippen LogP contribution is -1.93.